The van der Waals surface area contributed by atoms with Crippen molar-refractivity contribution in [3.05, 3.63) is 40.9 Å². The van der Waals surface area contributed by atoms with Crippen LogP contribution in [0.5, 0.6) is 0 Å². The molecule has 1 aliphatic heterocycles. The second kappa shape index (κ2) is 8.57. The van der Waals surface area contributed by atoms with Gasteiger partial charge in [0.05, 0.1) is 17.9 Å². The lowest BCUT2D eigenvalue weighted by Gasteiger charge is -2.12. The van der Waals surface area contributed by atoms with Crippen molar-refractivity contribution in [1.29, 1.82) is 0 Å². The highest BCUT2D eigenvalue weighted by molar-refractivity contribution is 8.26. The van der Waals surface area contributed by atoms with Crippen molar-refractivity contribution in [3.63, 3.8) is 0 Å². The quantitative estimate of drug-likeness (QED) is 0.420. The molecule has 0 bridgehead atoms. The van der Waals surface area contributed by atoms with Gasteiger partial charge in [0, 0.05) is 29.2 Å². The maximum Gasteiger partial charge on any atom is 0.325 e. The fourth-order valence-electron chi connectivity index (χ4n) is 2.91. The molecule has 3 rings (SSSR count). The summed E-state index contributed by atoms with van der Waals surface area (Å²) < 4.78 is 7.15. The van der Waals surface area contributed by atoms with Crippen LogP contribution in [0, 0.1) is 0 Å². The molecular formula is C19H18N2O5S2. The van der Waals surface area contributed by atoms with Gasteiger partial charge >= 0.3 is 11.9 Å². The predicted molar refractivity (Wildman–Crippen MR) is 111 cm³/mol. The van der Waals surface area contributed by atoms with Gasteiger partial charge in [-0.25, -0.2) is 0 Å². The molecule has 0 spiro atoms. The summed E-state index contributed by atoms with van der Waals surface area (Å²) in [4.78, 5) is 37.0. The molecule has 146 valence electrons. The van der Waals surface area contributed by atoms with Crippen LogP contribution in [0.2, 0.25) is 0 Å². The fourth-order valence-corrected chi connectivity index (χ4v) is 4.21. The van der Waals surface area contributed by atoms with Crippen LogP contribution in [0.4, 0.5) is 0 Å². The molecule has 0 radical (unpaired) electrons. The molecule has 1 aromatic heterocycles. The molecule has 28 heavy (non-hydrogen) atoms. The van der Waals surface area contributed by atoms with Gasteiger partial charge in [0.1, 0.15) is 10.9 Å². The van der Waals surface area contributed by atoms with E-state index in [1.54, 1.807) is 23.8 Å². The SMILES string of the molecule is CCOC(=O)Cn1cc(/C=C2/SC(=S)N(CCC(=O)O)C2=O)c2ccccc21. The van der Waals surface area contributed by atoms with Crippen LogP contribution in [-0.2, 0) is 25.7 Å². The highest BCUT2D eigenvalue weighted by Gasteiger charge is 2.32. The molecule has 1 amide bonds. The molecule has 1 N–H and O–H groups in total. The Labute approximate surface area is 170 Å². The van der Waals surface area contributed by atoms with Gasteiger partial charge in [-0.05, 0) is 19.1 Å². The lowest BCUT2D eigenvalue weighted by molar-refractivity contribution is -0.143. The van der Waals surface area contributed by atoms with Crippen LogP contribution in [-0.4, -0.2) is 49.9 Å². The van der Waals surface area contributed by atoms with Crippen LogP contribution >= 0.6 is 24.0 Å². The van der Waals surface area contributed by atoms with Gasteiger partial charge in [-0.3, -0.25) is 19.3 Å². The van der Waals surface area contributed by atoms with E-state index in [-0.39, 0.29) is 31.4 Å². The Bertz CT molecular complexity index is 995. The number of esters is 1. The number of carboxylic acids is 1. The molecule has 2 heterocycles. The van der Waals surface area contributed by atoms with Gasteiger partial charge in [0.25, 0.3) is 5.91 Å². The normalized spacial score (nSPS) is 15.6. The number of hydrogen-bond acceptors (Lipinski definition) is 6. The zero-order valence-electron chi connectivity index (χ0n) is 15.1. The molecule has 0 unspecified atom stereocenters. The van der Waals surface area contributed by atoms with Crippen molar-refractivity contribution in [2.75, 3.05) is 13.2 Å². The van der Waals surface area contributed by atoms with E-state index in [4.69, 9.17) is 22.1 Å². The minimum absolute atomic E-state index is 0.0436. The third kappa shape index (κ3) is 4.26. The van der Waals surface area contributed by atoms with Gasteiger partial charge in [-0.15, -0.1) is 0 Å². The molecule has 1 saturated heterocycles. The van der Waals surface area contributed by atoms with Crippen LogP contribution < -0.4 is 0 Å². The van der Waals surface area contributed by atoms with Crippen LogP contribution in [0.25, 0.3) is 17.0 Å². The Morgan fingerprint density at radius 1 is 1.32 bits per heavy atom. The van der Waals surface area contributed by atoms with Crippen LogP contribution in [0.1, 0.15) is 18.9 Å². The lowest BCUT2D eigenvalue weighted by atomic mass is 10.1. The number of aliphatic carboxylic acids is 1. The molecule has 1 fully saturated rings. The first-order chi connectivity index (χ1) is 13.4. The number of aromatic nitrogens is 1. The van der Waals surface area contributed by atoms with Gasteiger partial charge in [0.15, 0.2) is 0 Å². The zero-order valence-corrected chi connectivity index (χ0v) is 16.7. The smallest absolute Gasteiger partial charge is 0.325 e. The summed E-state index contributed by atoms with van der Waals surface area (Å²) in [6.07, 6.45) is 3.36. The average Bonchev–Trinajstić information content (AvgIpc) is 3.11. The third-order valence-electron chi connectivity index (χ3n) is 4.13. The van der Waals surface area contributed by atoms with Crippen molar-refractivity contribution >= 4 is 63.1 Å². The number of carboxylic acid groups (broad SMARTS) is 1. The number of hydrogen-bond donors (Lipinski definition) is 1. The minimum atomic E-state index is -0.986. The van der Waals surface area contributed by atoms with Crippen LogP contribution in [0.3, 0.4) is 0 Å². The van der Waals surface area contributed by atoms with E-state index in [0.717, 1.165) is 28.2 Å². The monoisotopic (exact) mass is 418 g/mol. The number of carbonyl (C=O) groups excluding carboxylic acids is 2. The zero-order chi connectivity index (χ0) is 20.3. The van der Waals surface area contributed by atoms with Crippen molar-refractivity contribution in [3.8, 4) is 0 Å². The Balaban J connectivity index is 1.91. The summed E-state index contributed by atoms with van der Waals surface area (Å²) in [6.45, 7) is 2.18. The summed E-state index contributed by atoms with van der Waals surface area (Å²) in [6, 6.07) is 7.56. The molecule has 9 heteroatoms. The summed E-state index contributed by atoms with van der Waals surface area (Å²) in [7, 11) is 0. The van der Waals surface area contributed by atoms with E-state index in [0.29, 0.717) is 15.8 Å². The van der Waals surface area contributed by atoms with E-state index in [2.05, 4.69) is 0 Å². The highest BCUT2D eigenvalue weighted by Crippen LogP contribution is 2.34. The Morgan fingerprint density at radius 3 is 2.79 bits per heavy atom. The Kier molecular flexibility index (Phi) is 6.15. The van der Waals surface area contributed by atoms with Crippen molar-refractivity contribution in [2.24, 2.45) is 0 Å². The summed E-state index contributed by atoms with van der Waals surface area (Å²) in [5.41, 5.74) is 1.63. The molecule has 7 nitrogen and oxygen atoms in total. The predicted octanol–water partition coefficient (Wildman–Crippen LogP) is 2.88. The summed E-state index contributed by atoms with van der Waals surface area (Å²) in [5.74, 6) is -1.63. The first kappa shape index (κ1) is 20.1. The first-order valence-corrected chi connectivity index (χ1v) is 9.83. The largest absolute Gasteiger partial charge is 0.481 e. The van der Waals surface area contributed by atoms with Crippen LogP contribution in [0.15, 0.2) is 35.4 Å². The molecule has 1 aliphatic rings. The highest BCUT2D eigenvalue weighted by atomic mass is 32.2. The van der Waals surface area contributed by atoms with Crippen molar-refractivity contribution in [2.45, 2.75) is 19.9 Å². The Morgan fingerprint density at radius 2 is 2.07 bits per heavy atom. The molecule has 0 atom stereocenters. The maximum absolute atomic E-state index is 12.6. The topological polar surface area (TPSA) is 88.8 Å². The van der Waals surface area contributed by atoms with Gasteiger partial charge in [0.2, 0.25) is 0 Å². The molecule has 1 aromatic carbocycles. The van der Waals surface area contributed by atoms with E-state index in [9.17, 15) is 14.4 Å². The third-order valence-corrected chi connectivity index (χ3v) is 5.51. The van der Waals surface area contributed by atoms with Crippen molar-refractivity contribution < 1.29 is 24.2 Å². The van der Waals surface area contributed by atoms with E-state index >= 15 is 0 Å². The summed E-state index contributed by atoms with van der Waals surface area (Å²) >= 11 is 6.36. The van der Waals surface area contributed by atoms with E-state index in [1.165, 1.54) is 4.90 Å². The van der Waals surface area contributed by atoms with E-state index < -0.39 is 5.97 Å². The number of fused-ring (bicyclic) bond motifs is 1. The van der Waals surface area contributed by atoms with Gasteiger partial charge in [-0.2, -0.15) is 0 Å². The molecule has 0 aliphatic carbocycles. The number of nitrogens with zero attached hydrogens (tertiary/aromatic N) is 2. The number of thioether (sulfide) groups is 1. The number of para-hydroxylation sites is 1. The van der Waals surface area contributed by atoms with Gasteiger partial charge < -0.3 is 14.4 Å². The van der Waals surface area contributed by atoms with Gasteiger partial charge in [-0.1, -0.05) is 42.2 Å². The molecule has 2 aromatic rings. The summed E-state index contributed by atoms with van der Waals surface area (Å²) in [5, 5.41) is 9.73. The minimum Gasteiger partial charge on any atom is -0.481 e. The molecular weight excluding hydrogens is 400 g/mol. The standard InChI is InChI=1S/C19H18N2O5S2/c1-2-26-17(24)11-20-10-12(13-5-3-4-6-14(13)20)9-15-18(25)21(19(27)28-15)8-7-16(22)23/h3-6,9-10H,2,7-8,11H2,1H3,(H,22,23)/b15-9+. The second-order valence-corrected chi connectivity index (χ2v) is 7.69. The van der Waals surface area contributed by atoms with E-state index in [1.807, 2.05) is 24.3 Å². The maximum atomic E-state index is 12.6. The molecule has 0 saturated carbocycles. The lowest BCUT2D eigenvalue weighted by Crippen LogP contribution is -2.30. The number of benzene rings is 1. The van der Waals surface area contributed by atoms with Crippen molar-refractivity contribution in [1.82, 2.24) is 9.47 Å². The first-order valence-electron chi connectivity index (χ1n) is 8.61. The number of carbonyl (C=O) groups is 3. The number of amides is 1. The number of rotatable bonds is 7. The number of thiocarbonyl (C=S) groups is 1. The second-order valence-electron chi connectivity index (χ2n) is 6.01. The number of ether oxygens (including phenoxy) is 1. The fraction of sp³-hybridized carbons (Fsp3) is 0.263. The average molecular weight is 418 g/mol. The Hall–Kier alpha value is -2.65.